The minimum atomic E-state index is -0.260. The number of pyridine rings is 1. The molecule has 0 N–H and O–H groups in total. The number of halogens is 1. The maximum Gasteiger partial charge on any atom is 0.253 e. The summed E-state index contributed by atoms with van der Waals surface area (Å²) in [6.45, 7) is 1.31. The number of likely N-dealkylation sites (tertiary alicyclic amines) is 1. The van der Waals surface area contributed by atoms with Crippen molar-refractivity contribution in [2.24, 2.45) is 0 Å². The van der Waals surface area contributed by atoms with Crippen LogP contribution < -0.4 is 4.74 Å². The van der Waals surface area contributed by atoms with E-state index in [9.17, 15) is 9.18 Å². The van der Waals surface area contributed by atoms with Gasteiger partial charge in [-0.15, -0.1) is 0 Å². The summed E-state index contributed by atoms with van der Waals surface area (Å²) < 4.78 is 19.4. The van der Waals surface area contributed by atoms with Crippen molar-refractivity contribution < 1.29 is 13.9 Å². The Bertz CT molecular complexity index is 1230. The van der Waals surface area contributed by atoms with Gasteiger partial charge in [0.1, 0.15) is 23.2 Å². The van der Waals surface area contributed by atoms with Crippen molar-refractivity contribution in [3.8, 4) is 16.9 Å². The van der Waals surface area contributed by atoms with Crippen molar-refractivity contribution in [2.75, 3.05) is 13.1 Å². The minimum absolute atomic E-state index is 0.0286. The van der Waals surface area contributed by atoms with E-state index in [0.717, 1.165) is 40.6 Å². The zero-order valence-electron chi connectivity index (χ0n) is 17.6. The van der Waals surface area contributed by atoms with Gasteiger partial charge in [0, 0.05) is 43.1 Å². The van der Waals surface area contributed by atoms with Crippen LogP contribution in [0.1, 0.15) is 23.2 Å². The van der Waals surface area contributed by atoms with E-state index in [1.54, 1.807) is 18.3 Å². The Hall–Kier alpha value is -3.73. The van der Waals surface area contributed by atoms with Crippen LogP contribution in [-0.4, -0.2) is 35.0 Å². The molecule has 160 valence electrons. The lowest BCUT2D eigenvalue weighted by Gasteiger charge is -2.32. The van der Waals surface area contributed by atoms with Crippen LogP contribution in [0.15, 0.2) is 85.1 Å². The standard InChI is InChI=1S/C27H23FN2O2/c28-23-12-10-20(11-13-23)19-6-8-22(9-7-19)27(31)30-17-14-24(15-18-30)32-25-5-1-3-21-4-2-16-29-26(21)25/h1-13,16,24H,14-15,17-18H2. The number of carbonyl (C=O) groups is 1. The summed E-state index contributed by atoms with van der Waals surface area (Å²) in [5.74, 6) is 0.565. The monoisotopic (exact) mass is 426 g/mol. The Morgan fingerprint density at radius 1 is 0.875 bits per heavy atom. The molecule has 1 amide bonds. The molecule has 0 saturated carbocycles. The number of fused-ring (bicyclic) bond motifs is 1. The van der Waals surface area contributed by atoms with E-state index in [0.29, 0.717) is 18.7 Å². The Morgan fingerprint density at radius 2 is 1.53 bits per heavy atom. The smallest absolute Gasteiger partial charge is 0.253 e. The third-order valence-electron chi connectivity index (χ3n) is 5.93. The molecule has 0 radical (unpaired) electrons. The quantitative estimate of drug-likeness (QED) is 0.419. The number of carbonyl (C=O) groups excluding carboxylic acids is 1. The second-order valence-corrected chi connectivity index (χ2v) is 8.02. The highest BCUT2D eigenvalue weighted by molar-refractivity contribution is 5.94. The van der Waals surface area contributed by atoms with Gasteiger partial charge in [-0.2, -0.15) is 0 Å². The molecule has 4 nitrogen and oxygen atoms in total. The normalized spacial score (nSPS) is 14.5. The Morgan fingerprint density at radius 3 is 2.25 bits per heavy atom. The van der Waals surface area contributed by atoms with Gasteiger partial charge in [-0.1, -0.05) is 42.5 Å². The molecule has 1 fully saturated rings. The van der Waals surface area contributed by atoms with Crippen molar-refractivity contribution >= 4 is 16.8 Å². The summed E-state index contributed by atoms with van der Waals surface area (Å²) in [4.78, 5) is 19.3. The van der Waals surface area contributed by atoms with Gasteiger partial charge in [0.05, 0.1) is 0 Å². The van der Waals surface area contributed by atoms with E-state index >= 15 is 0 Å². The molecule has 5 heteroatoms. The fourth-order valence-electron chi connectivity index (χ4n) is 4.16. The van der Waals surface area contributed by atoms with Crippen molar-refractivity contribution in [3.05, 3.63) is 96.4 Å². The Kier molecular flexibility index (Phi) is 5.55. The molecule has 1 aliphatic heterocycles. The molecule has 1 saturated heterocycles. The van der Waals surface area contributed by atoms with E-state index in [4.69, 9.17) is 4.74 Å². The number of para-hydroxylation sites is 1. The largest absolute Gasteiger partial charge is 0.488 e. The first-order chi connectivity index (χ1) is 15.7. The predicted octanol–water partition coefficient (Wildman–Crippen LogP) is 5.72. The molecular weight excluding hydrogens is 403 g/mol. The minimum Gasteiger partial charge on any atom is -0.488 e. The lowest BCUT2D eigenvalue weighted by atomic mass is 10.0. The van der Waals surface area contributed by atoms with Gasteiger partial charge in [0.25, 0.3) is 5.91 Å². The zero-order chi connectivity index (χ0) is 21.9. The van der Waals surface area contributed by atoms with Crippen LogP contribution in [0.5, 0.6) is 5.75 Å². The molecule has 0 aliphatic carbocycles. The van der Waals surface area contributed by atoms with Crippen molar-refractivity contribution in [1.29, 1.82) is 0 Å². The number of benzene rings is 3. The van der Waals surface area contributed by atoms with Crippen molar-refractivity contribution in [1.82, 2.24) is 9.88 Å². The maximum atomic E-state index is 13.1. The van der Waals surface area contributed by atoms with Crippen molar-refractivity contribution in [2.45, 2.75) is 18.9 Å². The van der Waals surface area contributed by atoms with Crippen LogP contribution in [0.3, 0.4) is 0 Å². The van der Waals surface area contributed by atoms with Gasteiger partial charge < -0.3 is 9.64 Å². The molecule has 1 aliphatic rings. The van der Waals surface area contributed by atoms with Gasteiger partial charge >= 0.3 is 0 Å². The summed E-state index contributed by atoms with van der Waals surface area (Å²) in [5.41, 5.74) is 3.41. The molecule has 32 heavy (non-hydrogen) atoms. The van der Waals surface area contributed by atoms with Gasteiger partial charge in [0.15, 0.2) is 0 Å². The summed E-state index contributed by atoms with van der Waals surface area (Å²) in [6, 6.07) is 23.8. The topological polar surface area (TPSA) is 42.4 Å². The number of rotatable bonds is 4. The molecule has 1 aromatic heterocycles. The fraction of sp³-hybridized carbons (Fsp3) is 0.185. The average molecular weight is 426 g/mol. The third kappa shape index (κ3) is 4.19. The van der Waals surface area contributed by atoms with Crippen LogP contribution in [0.2, 0.25) is 0 Å². The molecule has 0 atom stereocenters. The average Bonchev–Trinajstić information content (AvgIpc) is 2.85. The number of hydrogen-bond acceptors (Lipinski definition) is 3. The highest BCUT2D eigenvalue weighted by Crippen LogP contribution is 2.27. The number of aromatic nitrogens is 1. The van der Waals surface area contributed by atoms with Crippen LogP contribution >= 0.6 is 0 Å². The molecule has 0 unspecified atom stereocenters. The number of nitrogens with zero attached hydrogens (tertiary/aromatic N) is 2. The van der Waals surface area contributed by atoms with E-state index in [1.165, 1.54) is 12.1 Å². The second-order valence-electron chi connectivity index (χ2n) is 8.02. The highest BCUT2D eigenvalue weighted by Gasteiger charge is 2.25. The Labute approximate surface area is 186 Å². The number of piperidine rings is 1. The van der Waals surface area contributed by atoms with E-state index < -0.39 is 0 Å². The van der Waals surface area contributed by atoms with E-state index in [-0.39, 0.29) is 17.8 Å². The number of ether oxygens (including phenoxy) is 1. The fourth-order valence-corrected chi connectivity index (χ4v) is 4.16. The molecule has 5 rings (SSSR count). The van der Waals surface area contributed by atoms with Gasteiger partial charge in [-0.25, -0.2) is 4.39 Å². The van der Waals surface area contributed by atoms with Crippen LogP contribution in [-0.2, 0) is 0 Å². The maximum absolute atomic E-state index is 13.1. The molecule has 3 aromatic carbocycles. The summed E-state index contributed by atoms with van der Waals surface area (Å²) in [6.07, 6.45) is 3.40. The number of hydrogen-bond donors (Lipinski definition) is 0. The first-order valence-corrected chi connectivity index (χ1v) is 10.8. The lowest BCUT2D eigenvalue weighted by molar-refractivity contribution is 0.0597. The van der Waals surface area contributed by atoms with Crippen LogP contribution in [0.25, 0.3) is 22.0 Å². The third-order valence-corrected chi connectivity index (χ3v) is 5.93. The summed E-state index contributed by atoms with van der Waals surface area (Å²) >= 11 is 0. The van der Waals surface area contributed by atoms with Crippen LogP contribution in [0.4, 0.5) is 4.39 Å². The molecular formula is C27H23FN2O2. The lowest BCUT2D eigenvalue weighted by Crippen LogP contribution is -2.41. The SMILES string of the molecule is O=C(c1ccc(-c2ccc(F)cc2)cc1)N1CCC(Oc2cccc3cccnc23)CC1. The zero-order valence-corrected chi connectivity index (χ0v) is 17.6. The second kappa shape index (κ2) is 8.79. The first kappa shape index (κ1) is 20.2. The summed E-state index contributed by atoms with van der Waals surface area (Å²) in [5, 5.41) is 1.06. The van der Waals surface area contributed by atoms with Gasteiger partial charge in [-0.3, -0.25) is 9.78 Å². The van der Waals surface area contributed by atoms with Crippen LogP contribution in [0, 0.1) is 5.82 Å². The molecule has 0 bridgehead atoms. The van der Waals surface area contributed by atoms with Gasteiger partial charge in [-0.05, 0) is 47.5 Å². The van der Waals surface area contributed by atoms with Gasteiger partial charge in [0.2, 0.25) is 0 Å². The molecule has 2 heterocycles. The van der Waals surface area contributed by atoms with E-state index in [1.807, 2.05) is 59.5 Å². The summed E-state index contributed by atoms with van der Waals surface area (Å²) in [7, 11) is 0. The molecule has 0 spiro atoms. The Balaban J connectivity index is 1.21. The molecule has 4 aromatic rings. The predicted molar refractivity (Wildman–Crippen MR) is 123 cm³/mol. The first-order valence-electron chi connectivity index (χ1n) is 10.8. The van der Waals surface area contributed by atoms with E-state index in [2.05, 4.69) is 4.98 Å². The highest BCUT2D eigenvalue weighted by atomic mass is 19.1. The van der Waals surface area contributed by atoms with Crippen molar-refractivity contribution in [3.63, 3.8) is 0 Å². The number of amides is 1.